The maximum Gasteiger partial charge on any atom is 0.105 e. The number of halogens is 2. The highest BCUT2D eigenvalue weighted by Crippen LogP contribution is 1.95. The second-order valence-corrected chi connectivity index (χ2v) is 2.37. The molecule has 54 valence electrons. The van der Waals surface area contributed by atoms with Crippen molar-refractivity contribution in [2.45, 2.75) is 18.7 Å². The van der Waals surface area contributed by atoms with Gasteiger partial charge < -0.3 is 10.6 Å². The average molecular weight is 163 g/mol. The van der Waals surface area contributed by atoms with Crippen molar-refractivity contribution in [2.24, 2.45) is 0 Å². The Kier molecular flexibility index (Phi) is 30.9. The Balaban J connectivity index is -0.0000000575. The van der Waals surface area contributed by atoms with Crippen LogP contribution < -0.4 is 0 Å². The first-order valence-corrected chi connectivity index (χ1v) is 2.91. The summed E-state index contributed by atoms with van der Waals surface area (Å²) in [6.07, 6.45) is 0. The normalized spacial score (nSPS) is 6.75. The van der Waals surface area contributed by atoms with E-state index in [0.717, 1.165) is 0 Å². The molecule has 0 spiro atoms. The molecule has 0 aliphatic rings. The highest BCUT2D eigenvalue weighted by Gasteiger charge is 1.75. The van der Waals surface area contributed by atoms with Crippen molar-refractivity contribution in [1.82, 2.24) is 0 Å². The van der Waals surface area contributed by atoms with E-state index in [2.05, 4.69) is 0 Å². The summed E-state index contributed by atoms with van der Waals surface area (Å²) in [4.78, 5) is -0.222. The van der Waals surface area contributed by atoms with E-state index in [-0.39, 0.29) is 16.9 Å². The van der Waals surface area contributed by atoms with E-state index in [4.69, 9.17) is 28.3 Å². The van der Waals surface area contributed by atoms with E-state index in [1.165, 1.54) is 0 Å². The molecule has 0 rings (SSSR count). The van der Waals surface area contributed by atoms with Gasteiger partial charge in [0, 0.05) is 6.61 Å². The maximum atomic E-state index is 7.57. The first kappa shape index (κ1) is 15.8. The summed E-state index contributed by atoms with van der Waals surface area (Å²) in [5.74, 6) is 0. The van der Waals surface area contributed by atoms with Gasteiger partial charge in [-0.15, -0.1) is 23.2 Å². The van der Waals surface area contributed by atoms with E-state index < -0.39 is 0 Å². The summed E-state index contributed by atoms with van der Waals surface area (Å²) < 4.78 is 0. The van der Waals surface area contributed by atoms with Gasteiger partial charge in [-0.2, -0.15) is 0 Å². The molecule has 0 aliphatic heterocycles. The van der Waals surface area contributed by atoms with E-state index in [1.807, 2.05) is 0 Å². The van der Waals surface area contributed by atoms with Crippen molar-refractivity contribution < 1.29 is 10.6 Å². The van der Waals surface area contributed by atoms with Gasteiger partial charge in [-0.05, 0) is 13.8 Å². The Morgan fingerprint density at radius 1 is 1.50 bits per heavy atom. The molecule has 0 radical (unpaired) electrons. The van der Waals surface area contributed by atoms with Crippen molar-refractivity contribution >= 4 is 23.2 Å². The van der Waals surface area contributed by atoms with Crippen LogP contribution in [-0.4, -0.2) is 22.0 Å². The number of aliphatic hydroxyl groups is 1. The lowest BCUT2D eigenvalue weighted by molar-refractivity contribution is 0.318. The van der Waals surface area contributed by atoms with Gasteiger partial charge in [0.1, 0.15) is 4.84 Å². The third kappa shape index (κ3) is 787. The number of hydrogen-bond donors (Lipinski definition) is 1. The molecule has 0 aromatic heterocycles. The smallest absolute Gasteiger partial charge is 0.105 e. The van der Waals surface area contributed by atoms with Crippen molar-refractivity contribution in [1.29, 1.82) is 0 Å². The van der Waals surface area contributed by atoms with Gasteiger partial charge in [-0.3, -0.25) is 0 Å². The molecule has 0 saturated heterocycles. The summed E-state index contributed by atoms with van der Waals surface area (Å²) in [7, 11) is 0. The van der Waals surface area contributed by atoms with Gasteiger partial charge in [-0.1, -0.05) is 0 Å². The zero-order valence-corrected chi connectivity index (χ0v) is 6.50. The third-order valence-electron chi connectivity index (χ3n) is 0. The van der Waals surface area contributed by atoms with Gasteiger partial charge in [0.05, 0.1) is 0 Å². The average Bonchev–Trinajstić information content (AvgIpc) is 1.33. The fourth-order valence-electron chi connectivity index (χ4n) is 0. The number of rotatable bonds is 0. The molecule has 0 aliphatic carbocycles. The minimum absolute atomic E-state index is 0. The second-order valence-electron chi connectivity index (χ2n) is 0.835. The van der Waals surface area contributed by atoms with E-state index in [0.29, 0.717) is 0 Å². The molecular formula is C4H12Cl2O2. The number of aliphatic hydroxyl groups excluding tert-OH is 1. The molecule has 8 heavy (non-hydrogen) atoms. The topological polar surface area (TPSA) is 51.7 Å². The van der Waals surface area contributed by atoms with Crippen LogP contribution in [0, 0.1) is 0 Å². The quantitative estimate of drug-likeness (QED) is 0.531. The van der Waals surface area contributed by atoms with Gasteiger partial charge in [-0.25, -0.2) is 0 Å². The van der Waals surface area contributed by atoms with Crippen LogP contribution in [0.15, 0.2) is 0 Å². The van der Waals surface area contributed by atoms with Gasteiger partial charge >= 0.3 is 0 Å². The van der Waals surface area contributed by atoms with E-state index in [1.54, 1.807) is 13.8 Å². The standard InChI is InChI=1S/C2H4Cl2.C2H6O.H2O/c1-2(3)4;1-2-3;/h2H,1H3;3H,2H2,1H3;1H2. The van der Waals surface area contributed by atoms with Gasteiger partial charge in [0.2, 0.25) is 0 Å². The maximum absolute atomic E-state index is 7.57. The van der Waals surface area contributed by atoms with Crippen LogP contribution in [0.2, 0.25) is 0 Å². The van der Waals surface area contributed by atoms with Crippen LogP contribution in [-0.2, 0) is 0 Å². The second kappa shape index (κ2) is 15.6. The molecule has 3 N–H and O–H groups in total. The zero-order chi connectivity index (χ0) is 6.28. The molecule has 0 heterocycles. The van der Waals surface area contributed by atoms with Crippen LogP contribution >= 0.6 is 23.2 Å². The molecule has 0 aromatic carbocycles. The first-order valence-electron chi connectivity index (χ1n) is 2.04. The molecule has 0 saturated carbocycles. The first-order chi connectivity index (χ1) is 3.15. The number of alkyl halides is 2. The van der Waals surface area contributed by atoms with Gasteiger partial charge in [0.15, 0.2) is 0 Å². The molecule has 4 heteroatoms. The SMILES string of the molecule is CC(Cl)Cl.CCO.O. The monoisotopic (exact) mass is 162 g/mol. The summed E-state index contributed by atoms with van der Waals surface area (Å²) >= 11 is 10.1. The molecule has 0 amide bonds. The molecule has 0 unspecified atom stereocenters. The van der Waals surface area contributed by atoms with Crippen molar-refractivity contribution in [2.75, 3.05) is 6.61 Å². The molecule has 0 fully saturated rings. The lowest BCUT2D eigenvalue weighted by Crippen LogP contribution is -1.63. The zero-order valence-electron chi connectivity index (χ0n) is 4.99. The van der Waals surface area contributed by atoms with Crippen LogP contribution in [0.1, 0.15) is 13.8 Å². The van der Waals surface area contributed by atoms with Crippen LogP contribution in [0.4, 0.5) is 0 Å². The minimum Gasteiger partial charge on any atom is -0.412 e. The fourth-order valence-corrected chi connectivity index (χ4v) is 0. The van der Waals surface area contributed by atoms with Crippen LogP contribution in [0.25, 0.3) is 0 Å². The molecule has 2 nitrogen and oxygen atoms in total. The Bertz CT molecular complexity index is 23.2. The number of hydrogen-bond acceptors (Lipinski definition) is 1. The highest BCUT2D eigenvalue weighted by molar-refractivity contribution is 6.43. The summed E-state index contributed by atoms with van der Waals surface area (Å²) in [6.45, 7) is 3.63. The lowest BCUT2D eigenvalue weighted by Gasteiger charge is -1.72. The minimum atomic E-state index is -0.222. The molecule has 0 atom stereocenters. The largest absolute Gasteiger partial charge is 0.412 e. The van der Waals surface area contributed by atoms with Crippen molar-refractivity contribution in [3.05, 3.63) is 0 Å². The Labute approximate surface area is 59.7 Å². The molecule has 0 aromatic rings. The third-order valence-corrected chi connectivity index (χ3v) is 0. The van der Waals surface area contributed by atoms with Crippen LogP contribution in [0.5, 0.6) is 0 Å². The lowest BCUT2D eigenvalue weighted by atomic mass is 10.9. The molecule has 0 bridgehead atoms. The predicted molar refractivity (Wildman–Crippen MR) is 37.5 cm³/mol. The van der Waals surface area contributed by atoms with E-state index in [9.17, 15) is 0 Å². The van der Waals surface area contributed by atoms with E-state index >= 15 is 0 Å². The summed E-state index contributed by atoms with van der Waals surface area (Å²) in [5, 5.41) is 7.57. The van der Waals surface area contributed by atoms with Crippen LogP contribution in [0.3, 0.4) is 0 Å². The summed E-state index contributed by atoms with van der Waals surface area (Å²) in [5.41, 5.74) is 0. The predicted octanol–water partition coefficient (Wildman–Crippen LogP) is 0.984. The Morgan fingerprint density at radius 3 is 1.50 bits per heavy atom. The Hall–Kier alpha value is 0.500. The van der Waals surface area contributed by atoms with Gasteiger partial charge in [0.25, 0.3) is 0 Å². The van der Waals surface area contributed by atoms with Crippen molar-refractivity contribution in [3.63, 3.8) is 0 Å². The Morgan fingerprint density at radius 2 is 1.50 bits per heavy atom. The van der Waals surface area contributed by atoms with Crippen molar-refractivity contribution in [3.8, 4) is 0 Å². The molecular weight excluding hydrogens is 151 g/mol. The highest BCUT2D eigenvalue weighted by atomic mass is 35.5. The summed E-state index contributed by atoms with van der Waals surface area (Å²) in [6, 6.07) is 0. The fraction of sp³-hybridized carbons (Fsp3) is 1.00.